The van der Waals surface area contributed by atoms with Crippen molar-refractivity contribution in [1.29, 1.82) is 0 Å². The number of imidazole rings is 1. The highest BCUT2D eigenvalue weighted by molar-refractivity contribution is 5.84. The molecule has 0 unspecified atom stereocenters. The van der Waals surface area contributed by atoms with E-state index in [0.29, 0.717) is 5.52 Å². The molecule has 1 heterocycles. The summed E-state index contributed by atoms with van der Waals surface area (Å²) in [7, 11) is 0. The maximum Gasteiger partial charge on any atom is 0.306 e. The van der Waals surface area contributed by atoms with Crippen LogP contribution >= 0.6 is 0 Å². The fraction of sp³-hybridized carbons (Fsp3) is 0.357. The summed E-state index contributed by atoms with van der Waals surface area (Å²) in [5.41, 5.74) is 0.602. The van der Waals surface area contributed by atoms with Crippen molar-refractivity contribution >= 4 is 22.8 Å². The van der Waals surface area contributed by atoms with Crippen molar-refractivity contribution in [1.82, 2.24) is 9.55 Å². The summed E-state index contributed by atoms with van der Waals surface area (Å²) < 4.78 is 32.4. The molecule has 0 saturated heterocycles. The first-order chi connectivity index (χ1) is 10.0. The van der Waals surface area contributed by atoms with Gasteiger partial charge in [0.15, 0.2) is 17.4 Å². The van der Waals surface area contributed by atoms with Crippen LogP contribution in [0.4, 0.5) is 8.78 Å². The zero-order valence-corrected chi connectivity index (χ0v) is 11.4. The average molecular weight is 296 g/mol. The number of esters is 1. The molecule has 21 heavy (non-hydrogen) atoms. The average Bonchev–Trinajstić information content (AvgIpc) is 2.80. The molecule has 0 radical (unpaired) electrons. The smallest absolute Gasteiger partial charge is 0.306 e. The second-order valence-corrected chi connectivity index (χ2v) is 4.47. The van der Waals surface area contributed by atoms with E-state index < -0.39 is 17.6 Å². The van der Waals surface area contributed by atoms with E-state index in [4.69, 9.17) is 4.74 Å². The van der Waals surface area contributed by atoms with Crippen LogP contribution in [0.5, 0.6) is 0 Å². The standard InChI is InChI=1S/C14H14F2N2O3/c1-2-21-14(20)4-3-9(19)7-18-8-17-12-5-10(15)11(16)6-13(12)18/h5-6,8H,2-4,7H2,1H3. The number of Topliss-reactive ketones (excluding diaryl/α,β-unsaturated/α-hetero) is 1. The van der Waals surface area contributed by atoms with Crippen molar-refractivity contribution < 1.29 is 23.1 Å². The molecular formula is C14H14F2N2O3. The Labute approximate surface area is 119 Å². The van der Waals surface area contributed by atoms with Gasteiger partial charge in [0.05, 0.1) is 36.9 Å². The van der Waals surface area contributed by atoms with Crippen molar-refractivity contribution in [3.8, 4) is 0 Å². The number of carbonyl (C=O) groups is 2. The molecule has 1 aromatic heterocycles. The molecular weight excluding hydrogens is 282 g/mol. The summed E-state index contributed by atoms with van der Waals surface area (Å²) in [5.74, 6) is -2.63. The molecule has 0 atom stereocenters. The van der Waals surface area contributed by atoms with Gasteiger partial charge in [0.1, 0.15) is 0 Å². The minimum Gasteiger partial charge on any atom is -0.466 e. The highest BCUT2D eigenvalue weighted by atomic mass is 19.2. The van der Waals surface area contributed by atoms with Gasteiger partial charge in [-0.3, -0.25) is 9.59 Å². The second kappa shape index (κ2) is 6.43. The molecule has 5 nitrogen and oxygen atoms in total. The van der Waals surface area contributed by atoms with Gasteiger partial charge in [0, 0.05) is 18.6 Å². The maximum absolute atomic E-state index is 13.2. The van der Waals surface area contributed by atoms with E-state index in [2.05, 4.69) is 4.98 Å². The van der Waals surface area contributed by atoms with Crippen LogP contribution < -0.4 is 0 Å². The van der Waals surface area contributed by atoms with Crippen molar-refractivity contribution in [2.24, 2.45) is 0 Å². The third-order valence-corrected chi connectivity index (χ3v) is 2.92. The Bertz CT molecular complexity index is 682. The van der Waals surface area contributed by atoms with Crippen LogP contribution in [0.3, 0.4) is 0 Å². The number of halogens is 2. The van der Waals surface area contributed by atoms with Crippen LogP contribution in [0.15, 0.2) is 18.5 Å². The molecule has 0 amide bonds. The van der Waals surface area contributed by atoms with Crippen molar-refractivity contribution in [2.45, 2.75) is 26.3 Å². The normalized spacial score (nSPS) is 10.8. The molecule has 0 aliphatic heterocycles. The Kier molecular flexibility index (Phi) is 4.62. The van der Waals surface area contributed by atoms with E-state index in [0.717, 1.165) is 12.1 Å². The van der Waals surface area contributed by atoms with Gasteiger partial charge in [-0.25, -0.2) is 13.8 Å². The summed E-state index contributed by atoms with van der Waals surface area (Å²) in [6, 6.07) is 1.97. The van der Waals surface area contributed by atoms with E-state index in [1.165, 1.54) is 10.9 Å². The summed E-state index contributed by atoms with van der Waals surface area (Å²) in [6.07, 6.45) is 1.37. The Morgan fingerprint density at radius 3 is 2.67 bits per heavy atom. The Hall–Kier alpha value is -2.31. The number of nitrogens with zero attached hydrogens (tertiary/aromatic N) is 2. The van der Waals surface area contributed by atoms with Crippen LogP contribution in [0.1, 0.15) is 19.8 Å². The van der Waals surface area contributed by atoms with Crippen LogP contribution in [0.2, 0.25) is 0 Å². The molecule has 0 N–H and O–H groups in total. The number of hydrogen-bond donors (Lipinski definition) is 0. The van der Waals surface area contributed by atoms with Gasteiger partial charge < -0.3 is 9.30 Å². The fourth-order valence-corrected chi connectivity index (χ4v) is 1.92. The summed E-state index contributed by atoms with van der Waals surface area (Å²) in [4.78, 5) is 26.9. The monoisotopic (exact) mass is 296 g/mol. The minimum atomic E-state index is -0.997. The Morgan fingerprint density at radius 2 is 1.95 bits per heavy atom. The van der Waals surface area contributed by atoms with Gasteiger partial charge in [0.25, 0.3) is 0 Å². The van der Waals surface area contributed by atoms with Gasteiger partial charge >= 0.3 is 5.97 Å². The van der Waals surface area contributed by atoms with Gasteiger partial charge in [-0.2, -0.15) is 0 Å². The summed E-state index contributed by atoms with van der Waals surface area (Å²) >= 11 is 0. The third kappa shape index (κ3) is 3.62. The van der Waals surface area contributed by atoms with Crippen molar-refractivity contribution in [2.75, 3.05) is 6.61 Å². The lowest BCUT2D eigenvalue weighted by molar-refractivity contribution is -0.144. The molecule has 112 valence electrons. The highest BCUT2D eigenvalue weighted by Crippen LogP contribution is 2.17. The number of fused-ring (bicyclic) bond motifs is 1. The van der Waals surface area contributed by atoms with Gasteiger partial charge in [-0.15, -0.1) is 0 Å². The lowest BCUT2D eigenvalue weighted by atomic mass is 10.2. The molecule has 0 saturated carbocycles. The lowest BCUT2D eigenvalue weighted by Gasteiger charge is -2.04. The predicted octanol–water partition coefficient (Wildman–Crippen LogP) is 2.23. The predicted molar refractivity (Wildman–Crippen MR) is 70.5 cm³/mol. The molecule has 0 spiro atoms. The number of aromatic nitrogens is 2. The number of rotatable bonds is 6. The Balaban J connectivity index is 2.04. The molecule has 7 heteroatoms. The first kappa shape index (κ1) is 15.1. The lowest BCUT2D eigenvalue weighted by Crippen LogP contribution is -2.12. The zero-order valence-electron chi connectivity index (χ0n) is 11.4. The van der Waals surface area contributed by atoms with E-state index in [1.807, 2.05) is 0 Å². The van der Waals surface area contributed by atoms with E-state index in [9.17, 15) is 18.4 Å². The molecule has 1 aromatic carbocycles. The highest BCUT2D eigenvalue weighted by Gasteiger charge is 2.12. The molecule has 2 aromatic rings. The number of hydrogen-bond acceptors (Lipinski definition) is 4. The van der Waals surface area contributed by atoms with E-state index >= 15 is 0 Å². The molecule has 2 rings (SSSR count). The quantitative estimate of drug-likeness (QED) is 0.767. The van der Waals surface area contributed by atoms with Crippen LogP contribution in [-0.4, -0.2) is 27.9 Å². The SMILES string of the molecule is CCOC(=O)CCC(=O)Cn1cnc2cc(F)c(F)cc21. The minimum absolute atomic E-state index is 0.00227. The van der Waals surface area contributed by atoms with Gasteiger partial charge in [0.2, 0.25) is 0 Å². The largest absolute Gasteiger partial charge is 0.466 e. The zero-order chi connectivity index (χ0) is 15.4. The molecule has 0 aliphatic rings. The van der Waals surface area contributed by atoms with Gasteiger partial charge in [-0.1, -0.05) is 0 Å². The maximum atomic E-state index is 13.2. The second-order valence-electron chi connectivity index (χ2n) is 4.47. The topological polar surface area (TPSA) is 61.2 Å². The number of ketones is 1. The van der Waals surface area contributed by atoms with Crippen molar-refractivity contribution in [3.63, 3.8) is 0 Å². The molecule has 0 aliphatic carbocycles. The van der Waals surface area contributed by atoms with E-state index in [1.54, 1.807) is 6.92 Å². The van der Waals surface area contributed by atoms with Crippen LogP contribution in [-0.2, 0) is 20.9 Å². The first-order valence-corrected chi connectivity index (χ1v) is 6.48. The van der Waals surface area contributed by atoms with E-state index in [-0.39, 0.29) is 37.3 Å². The molecule has 0 fully saturated rings. The van der Waals surface area contributed by atoms with Crippen LogP contribution in [0, 0.1) is 11.6 Å². The van der Waals surface area contributed by atoms with Gasteiger partial charge in [-0.05, 0) is 6.92 Å². The first-order valence-electron chi connectivity index (χ1n) is 6.48. The van der Waals surface area contributed by atoms with Crippen molar-refractivity contribution in [3.05, 3.63) is 30.1 Å². The number of carbonyl (C=O) groups excluding carboxylic acids is 2. The molecule has 0 bridgehead atoms. The summed E-state index contributed by atoms with van der Waals surface area (Å²) in [5, 5.41) is 0. The number of ether oxygens (including phenoxy) is 1. The Morgan fingerprint density at radius 1 is 1.24 bits per heavy atom. The fourth-order valence-electron chi connectivity index (χ4n) is 1.92. The van der Waals surface area contributed by atoms with Crippen LogP contribution in [0.25, 0.3) is 11.0 Å². The third-order valence-electron chi connectivity index (χ3n) is 2.92. The summed E-state index contributed by atoms with van der Waals surface area (Å²) in [6.45, 7) is 1.90. The number of benzene rings is 1.